The summed E-state index contributed by atoms with van der Waals surface area (Å²) >= 11 is 0. The molecule has 2 aliphatic rings. The lowest BCUT2D eigenvalue weighted by atomic mass is 9.70. The standard InChI is InChI=1S/C10H17F2NOS/c1-6-4-8-7(2)13-15(14)9(8,3)5-10(6,11)12/h6-8,13H,4-5H2,1-3H3. The molecule has 2 fully saturated rings. The number of nitrogens with one attached hydrogen (secondary N) is 1. The summed E-state index contributed by atoms with van der Waals surface area (Å²) in [5, 5.41) is 0. The number of hydrogen-bond acceptors (Lipinski definition) is 1. The Morgan fingerprint density at radius 2 is 2.00 bits per heavy atom. The van der Waals surface area contributed by atoms with Gasteiger partial charge in [0.1, 0.15) is 0 Å². The Hall–Kier alpha value is -0.0300. The molecule has 88 valence electrons. The van der Waals surface area contributed by atoms with Crippen molar-refractivity contribution in [3.8, 4) is 0 Å². The highest BCUT2D eigenvalue weighted by Gasteiger charge is 2.60. The van der Waals surface area contributed by atoms with Gasteiger partial charge in [-0.05, 0) is 26.2 Å². The second-order valence-corrected chi connectivity index (χ2v) is 6.87. The molecule has 0 spiro atoms. The van der Waals surface area contributed by atoms with Crippen LogP contribution in [0, 0.1) is 11.8 Å². The van der Waals surface area contributed by atoms with Gasteiger partial charge >= 0.3 is 0 Å². The van der Waals surface area contributed by atoms with Crippen molar-refractivity contribution in [2.24, 2.45) is 11.8 Å². The molecule has 0 aromatic carbocycles. The Balaban J connectivity index is 2.33. The van der Waals surface area contributed by atoms with E-state index in [0.717, 1.165) is 0 Å². The Labute approximate surface area is 91.4 Å². The molecule has 0 aromatic rings. The van der Waals surface area contributed by atoms with E-state index in [0.29, 0.717) is 6.42 Å². The van der Waals surface area contributed by atoms with Crippen molar-refractivity contribution in [2.75, 3.05) is 0 Å². The summed E-state index contributed by atoms with van der Waals surface area (Å²) in [6.07, 6.45) is 0.208. The number of alkyl halides is 2. The van der Waals surface area contributed by atoms with E-state index in [1.807, 2.05) is 6.92 Å². The van der Waals surface area contributed by atoms with Crippen LogP contribution in [0.3, 0.4) is 0 Å². The van der Waals surface area contributed by atoms with Crippen molar-refractivity contribution in [2.45, 2.75) is 50.3 Å². The molecular formula is C10H17F2NOS. The molecule has 0 aromatic heterocycles. The molecule has 1 saturated heterocycles. The topological polar surface area (TPSA) is 29.1 Å². The molecule has 1 N–H and O–H groups in total. The van der Waals surface area contributed by atoms with Gasteiger partial charge in [-0.1, -0.05) is 6.92 Å². The van der Waals surface area contributed by atoms with E-state index in [1.165, 1.54) is 0 Å². The first-order chi connectivity index (χ1) is 6.77. The fourth-order valence-electron chi connectivity index (χ4n) is 2.90. The summed E-state index contributed by atoms with van der Waals surface area (Å²) in [6.45, 7) is 5.25. The van der Waals surface area contributed by atoms with Crippen LogP contribution in [-0.2, 0) is 11.0 Å². The van der Waals surface area contributed by atoms with Crippen molar-refractivity contribution < 1.29 is 13.0 Å². The average Bonchev–Trinajstić information content (AvgIpc) is 2.27. The minimum Gasteiger partial charge on any atom is -0.242 e. The largest absolute Gasteiger partial charge is 0.252 e. The first-order valence-corrected chi connectivity index (χ1v) is 6.48. The number of halogens is 2. The first-order valence-electron chi connectivity index (χ1n) is 5.33. The van der Waals surface area contributed by atoms with Gasteiger partial charge in [0, 0.05) is 18.4 Å². The van der Waals surface area contributed by atoms with Gasteiger partial charge in [-0.25, -0.2) is 17.7 Å². The Morgan fingerprint density at radius 1 is 1.40 bits per heavy atom. The zero-order valence-corrected chi connectivity index (χ0v) is 10.0. The van der Waals surface area contributed by atoms with Gasteiger partial charge in [0.05, 0.1) is 15.7 Å². The predicted octanol–water partition coefficient (Wildman–Crippen LogP) is 2.08. The maximum atomic E-state index is 13.6. The molecule has 0 amide bonds. The van der Waals surface area contributed by atoms with Gasteiger partial charge in [0.15, 0.2) is 0 Å². The van der Waals surface area contributed by atoms with Gasteiger partial charge in [0.25, 0.3) is 5.92 Å². The Kier molecular flexibility index (Phi) is 2.47. The maximum Gasteiger partial charge on any atom is 0.252 e. The summed E-state index contributed by atoms with van der Waals surface area (Å²) in [4.78, 5) is 0. The molecule has 1 saturated carbocycles. The van der Waals surface area contributed by atoms with Crippen molar-refractivity contribution >= 4 is 11.0 Å². The van der Waals surface area contributed by atoms with Crippen LogP contribution in [0.2, 0.25) is 0 Å². The fraction of sp³-hybridized carbons (Fsp3) is 1.00. The molecule has 2 rings (SSSR count). The van der Waals surface area contributed by atoms with Crippen molar-refractivity contribution in [3.63, 3.8) is 0 Å². The SMILES string of the molecule is CC1NS(=O)C2(C)CC(F)(F)C(C)CC12. The highest BCUT2D eigenvalue weighted by Crippen LogP contribution is 2.51. The zero-order chi connectivity index (χ0) is 11.4. The van der Waals surface area contributed by atoms with Crippen molar-refractivity contribution in [1.82, 2.24) is 4.72 Å². The van der Waals surface area contributed by atoms with Crippen LogP contribution in [0.25, 0.3) is 0 Å². The minimum atomic E-state index is -2.67. The predicted molar refractivity (Wildman–Crippen MR) is 56.0 cm³/mol. The summed E-state index contributed by atoms with van der Waals surface area (Å²) in [5.41, 5.74) is 0. The summed E-state index contributed by atoms with van der Waals surface area (Å²) in [7, 11) is -1.33. The number of fused-ring (bicyclic) bond motifs is 1. The highest BCUT2D eigenvalue weighted by atomic mass is 32.2. The maximum absolute atomic E-state index is 13.6. The molecule has 0 bridgehead atoms. The lowest BCUT2D eigenvalue weighted by molar-refractivity contribution is -0.102. The van der Waals surface area contributed by atoms with Crippen LogP contribution in [-0.4, -0.2) is 20.9 Å². The summed E-state index contributed by atoms with van der Waals surface area (Å²) in [5.74, 6) is -3.17. The van der Waals surface area contributed by atoms with Crippen LogP contribution >= 0.6 is 0 Å². The van der Waals surface area contributed by atoms with Crippen LogP contribution in [0.1, 0.15) is 33.6 Å². The number of hydrogen-bond donors (Lipinski definition) is 1. The molecule has 5 atom stereocenters. The molecule has 1 aliphatic heterocycles. The molecule has 2 nitrogen and oxygen atoms in total. The molecule has 1 aliphatic carbocycles. The van der Waals surface area contributed by atoms with E-state index in [9.17, 15) is 13.0 Å². The molecular weight excluding hydrogens is 220 g/mol. The van der Waals surface area contributed by atoms with Crippen LogP contribution < -0.4 is 4.72 Å². The summed E-state index contributed by atoms with van der Waals surface area (Å²) in [6, 6.07) is 0.0781. The smallest absolute Gasteiger partial charge is 0.242 e. The zero-order valence-electron chi connectivity index (χ0n) is 9.22. The van der Waals surface area contributed by atoms with Gasteiger partial charge in [-0.3, -0.25) is 0 Å². The molecule has 15 heavy (non-hydrogen) atoms. The highest BCUT2D eigenvalue weighted by molar-refractivity contribution is 7.84. The normalized spacial score (nSPS) is 53.9. The lowest BCUT2D eigenvalue weighted by Crippen LogP contribution is -2.50. The van der Waals surface area contributed by atoms with E-state index in [1.54, 1.807) is 13.8 Å². The van der Waals surface area contributed by atoms with E-state index < -0.39 is 27.6 Å². The molecule has 0 radical (unpaired) electrons. The Morgan fingerprint density at radius 3 is 2.60 bits per heavy atom. The first kappa shape index (κ1) is 11.5. The van der Waals surface area contributed by atoms with Gasteiger partial charge in [0.2, 0.25) is 0 Å². The third kappa shape index (κ3) is 1.55. The van der Waals surface area contributed by atoms with Crippen LogP contribution in [0.15, 0.2) is 0 Å². The fourth-order valence-corrected chi connectivity index (χ4v) is 4.57. The quantitative estimate of drug-likeness (QED) is 0.686. The summed E-state index contributed by atoms with van der Waals surface area (Å²) < 4.78 is 41.2. The second kappa shape index (κ2) is 3.23. The third-order valence-corrected chi connectivity index (χ3v) is 5.90. The van der Waals surface area contributed by atoms with Crippen molar-refractivity contribution in [1.29, 1.82) is 0 Å². The third-order valence-electron chi connectivity index (χ3n) is 4.02. The number of rotatable bonds is 0. The lowest BCUT2D eigenvalue weighted by Gasteiger charge is -2.42. The monoisotopic (exact) mass is 237 g/mol. The molecule has 1 heterocycles. The molecule has 5 unspecified atom stereocenters. The second-order valence-electron chi connectivity index (χ2n) is 5.17. The van der Waals surface area contributed by atoms with E-state index >= 15 is 0 Å². The van der Waals surface area contributed by atoms with Gasteiger partial charge in [-0.15, -0.1) is 0 Å². The van der Waals surface area contributed by atoms with Crippen LogP contribution in [0.5, 0.6) is 0 Å². The van der Waals surface area contributed by atoms with Gasteiger partial charge < -0.3 is 0 Å². The minimum absolute atomic E-state index is 0.0781. The van der Waals surface area contributed by atoms with E-state index in [4.69, 9.17) is 0 Å². The van der Waals surface area contributed by atoms with E-state index in [2.05, 4.69) is 4.72 Å². The molecule has 5 heteroatoms. The average molecular weight is 237 g/mol. The van der Waals surface area contributed by atoms with Gasteiger partial charge in [-0.2, -0.15) is 0 Å². The Bertz CT molecular complexity index is 310. The van der Waals surface area contributed by atoms with Crippen LogP contribution in [0.4, 0.5) is 8.78 Å². The van der Waals surface area contributed by atoms with Crippen molar-refractivity contribution in [3.05, 3.63) is 0 Å². The van der Waals surface area contributed by atoms with E-state index in [-0.39, 0.29) is 18.4 Å².